The molecule has 11 heteroatoms. The number of nitrogens with zero attached hydrogens (tertiary/aromatic N) is 2. The van der Waals surface area contributed by atoms with Crippen LogP contribution in [0.4, 0.5) is 18.9 Å². The summed E-state index contributed by atoms with van der Waals surface area (Å²) in [5, 5.41) is 2.48. The molecule has 3 rings (SSSR count). The van der Waals surface area contributed by atoms with E-state index in [2.05, 4.69) is 5.32 Å². The van der Waals surface area contributed by atoms with Crippen molar-refractivity contribution in [1.82, 2.24) is 9.13 Å². The SMILES string of the molecule is COC(=O)c1cc(-c2cccc(C(F)(F)F)c2)ccc1NC(=O)Cn1ccc(=O)n(C)c1=O. The maximum Gasteiger partial charge on any atom is 0.416 e. The number of rotatable bonds is 5. The monoisotopic (exact) mass is 461 g/mol. The highest BCUT2D eigenvalue weighted by Gasteiger charge is 2.30. The second-order valence-electron chi connectivity index (χ2n) is 7.00. The van der Waals surface area contributed by atoms with Crippen molar-refractivity contribution in [2.24, 2.45) is 7.05 Å². The summed E-state index contributed by atoms with van der Waals surface area (Å²) in [7, 11) is 2.38. The van der Waals surface area contributed by atoms with E-state index in [1.54, 1.807) is 0 Å². The third kappa shape index (κ3) is 5.20. The standard InChI is InChI=1S/C22H18F3N3O5/c1-27-19(30)8-9-28(21(27)32)12-18(29)26-17-7-6-14(11-16(17)20(31)33-2)13-4-3-5-15(10-13)22(23,24)25/h3-11H,12H2,1-2H3,(H,26,29). The van der Waals surface area contributed by atoms with Crippen LogP contribution < -0.4 is 16.6 Å². The number of amides is 1. The van der Waals surface area contributed by atoms with Gasteiger partial charge in [-0.15, -0.1) is 0 Å². The van der Waals surface area contributed by atoms with Crippen molar-refractivity contribution >= 4 is 17.6 Å². The second kappa shape index (κ2) is 9.15. The highest BCUT2D eigenvalue weighted by Crippen LogP contribution is 2.33. The molecule has 1 heterocycles. The van der Waals surface area contributed by atoms with E-state index in [0.29, 0.717) is 5.56 Å². The van der Waals surface area contributed by atoms with Crippen molar-refractivity contribution in [1.29, 1.82) is 0 Å². The third-order valence-electron chi connectivity index (χ3n) is 4.80. The molecular weight excluding hydrogens is 443 g/mol. The second-order valence-corrected chi connectivity index (χ2v) is 7.00. The Labute approximate surface area is 184 Å². The Kier molecular flexibility index (Phi) is 6.52. The Morgan fingerprint density at radius 1 is 1.03 bits per heavy atom. The number of hydrogen-bond donors (Lipinski definition) is 1. The predicted octanol–water partition coefficient (Wildman–Crippen LogP) is 2.66. The van der Waals surface area contributed by atoms with Crippen LogP contribution in [-0.2, 0) is 29.3 Å². The average molecular weight is 461 g/mol. The van der Waals surface area contributed by atoms with Crippen LogP contribution in [0.15, 0.2) is 64.3 Å². The Morgan fingerprint density at radius 2 is 1.73 bits per heavy atom. The van der Waals surface area contributed by atoms with Crippen molar-refractivity contribution in [3.05, 3.63) is 86.7 Å². The molecule has 0 spiro atoms. The molecule has 0 saturated heterocycles. The van der Waals surface area contributed by atoms with Crippen LogP contribution in [0, 0.1) is 0 Å². The fraction of sp³-hybridized carbons (Fsp3) is 0.182. The van der Waals surface area contributed by atoms with Crippen LogP contribution in [0.2, 0.25) is 0 Å². The van der Waals surface area contributed by atoms with Crippen molar-refractivity contribution in [3.8, 4) is 11.1 Å². The Hall–Kier alpha value is -4.15. The number of anilines is 1. The predicted molar refractivity (Wildman–Crippen MR) is 113 cm³/mol. The fourth-order valence-electron chi connectivity index (χ4n) is 3.07. The van der Waals surface area contributed by atoms with E-state index in [9.17, 15) is 32.3 Å². The summed E-state index contributed by atoms with van der Waals surface area (Å²) in [5.41, 5.74) is -1.62. The molecule has 0 aliphatic carbocycles. The number of esters is 1. The van der Waals surface area contributed by atoms with Crippen LogP contribution in [0.1, 0.15) is 15.9 Å². The number of alkyl halides is 3. The van der Waals surface area contributed by atoms with Gasteiger partial charge >= 0.3 is 17.8 Å². The zero-order chi connectivity index (χ0) is 24.3. The van der Waals surface area contributed by atoms with Crippen LogP contribution in [-0.4, -0.2) is 28.1 Å². The molecule has 0 fully saturated rings. The molecule has 0 unspecified atom stereocenters. The topological polar surface area (TPSA) is 99.4 Å². The zero-order valence-electron chi connectivity index (χ0n) is 17.5. The molecule has 3 aromatic rings. The number of nitrogens with one attached hydrogen (secondary N) is 1. The summed E-state index contributed by atoms with van der Waals surface area (Å²) in [5.74, 6) is -1.49. The molecule has 0 radical (unpaired) electrons. The van der Waals surface area contributed by atoms with Gasteiger partial charge in [0.2, 0.25) is 5.91 Å². The lowest BCUT2D eigenvalue weighted by atomic mass is 9.99. The normalized spacial score (nSPS) is 11.2. The first kappa shape index (κ1) is 23.5. The van der Waals surface area contributed by atoms with Gasteiger partial charge in [-0.05, 0) is 35.4 Å². The van der Waals surface area contributed by atoms with Crippen LogP contribution in [0.3, 0.4) is 0 Å². The van der Waals surface area contributed by atoms with E-state index in [0.717, 1.165) is 34.4 Å². The van der Waals surface area contributed by atoms with Crippen LogP contribution in [0.5, 0.6) is 0 Å². The van der Waals surface area contributed by atoms with Gasteiger partial charge in [-0.3, -0.25) is 18.7 Å². The first-order valence-corrected chi connectivity index (χ1v) is 9.47. The number of ether oxygens (including phenoxy) is 1. The molecule has 0 atom stereocenters. The fourth-order valence-corrected chi connectivity index (χ4v) is 3.07. The first-order valence-electron chi connectivity index (χ1n) is 9.47. The number of carbonyl (C=O) groups excluding carboxylic acids is 2. The number of halogens is 3. The highest BCUT2D eigenvalue weighted by molar-refractivity contribution is 6.02. The smallest absolute Gasteiger partial charge is 0.416 e. The van der Waals surface area contributed by atoms with E-state index in [4.69, 9.17) is 4.74 Å². The zero-order valence-corrected chi connectivity index (χ0v) is 17.5. The molecule has 0 aliphatic heterocycles. The molecule has 0 bridgehead atoms. The Balaban J connectivity index is 1.93. The van der Waals surface area contributed by atoms with Gasteiger partial charge in [0.05, 0.1) is 23.9 Å². The van der Waals surface area contributed by atoms with Crippen molar-refractivity contribution < 1.29 is 27.5 Å². The Morgan fingerprint density at radius 3 is 2.39 bits per heavy atom. The lowest BCUT2D eigenvalue weighted by molar-refractivity contribution is -0.137. The van der Waals surface area contributed by atoms with Gasteiger partial charge < -0.3 is 10.1 Å². The summed E-state index contributed by atoms with van der Waals surface area (Å²) in [6.07, 6.45) is -3.36. The Bertz CT molecular complexity index is 1340. The number of aromatic nitrogens is 2. The largest absolute Gasteiger partial charge is 0.465 e. The molecule has 33 heavy (non-hydrogen) atoms. The molecule has 1 amide bonds. The van der Waals surface area contributed by atoms with Gasteiger partial charge in [-0.25, -0.2) is 9.59 Å². The minimum atomic E-state index is -4.53. The van der Waals surface area contributed by atoms with Crippen LogP contribution in [0.25, 0.3) is 11.1 Å². The summed E-state index contributed by atoms with van der Waals surface area (Å²) in [6.45, 7) is -0.442. The number of methoxy groups -OCH3 is 1. The summed E-state index contributed by atoms with van der Waals surface area (Å²) in [4.78, 5) is 48.3. The molecule has 0 aliphatic rings. The van der Waals surface area contributed by atoms with Gasteiger partial charge in [-0.2, -0.15) is 13.2 Å². The van der Waals surface area contributed by atoms with E-state index >= 15 is 0 Å². The molecule has 172 valence electrons. The van der Waals surface area contributed by atoms with E-state index in [-0.39, 0.29) is 16.8 Å². The highest BCUT2D eigenvalue weighted by atomic mass is 19.4. The van der Waals surface area contributed by atoms with Crippen molar-refractivity contribution in [2.45, 2.75) is 12.7 Å². The molecular formula is C22H18F3N3O5. The summed E-state index contributed by atoms with van der Waals surface area (Å²) >= 11 is 0. The molecule has 2 aromatic carbocycles. The molecule has 1 N–H and O–H groups in total. The number of hydrogen-bond acceptors (Lipinski definition) is 5. The van der Waals surface area contributed by atoms with Gasteiger partial charge in [-0.1, -0.05) is 18.2 Å². The van der Waals surface area contributed by atoms with Crippen LogP contribution >= 0.6 is 0 Å². The molecule has 0 saturated carbocycles. The van der Waals surface area contributed by atoms with E-state index in [1.165, 1.54) is 43.6 Å². The van der Waals surface area contributed by atoms with E-state index in [1.807, 2.05) is 0 Å². The first-order chi connectivity index (χ1) is 15.5. The summed E-state index contributed by atoms with van der Waals surface area (Å²) < 4.78 is 45.7. The van der Waals surface area contributed by atoms with Crippen molar-refractivity contribution in [3.63, 3.8) is 0 Å². The van der Waals surface area contributed by atoms with Gasteiger partial charge in [0.1, 0.15) is 6.54 Å². The maximum absolute atomic E-state index is 13.0. The third-order valence-corrected chi connectivity index (χ3v) is 4.80. The lowest BCUT2D eigenvalue weighted by Gasteiger charge is -2.14. The van der Waals surface area contributed by atoms with Gasteiger partial charge in [0, 0.05) is 19.3 Å². The maximum atomic E-state index is 13.0. The van der Waals surface area contributed by atoms with Crippen molar-refractivity contribution in [2.75, 3.05) is 12.4 Å². The average Bonchev–Trinajstić information content (AvgIpc) is 2.78. The number of carbonyl (C=O) groups is 2. The minimum Gasteiger partial charge on any atom is -0.465 e. The molecule has 1 aromatic heterocycles. The summed E-state index contributed by atoms with van der Waals surface area (Å²) in [6, 6.07) is 9.79. The quantitative estimate of drug-likeness (QED) is 0.589. The number of benzene rings is 2. The molecule has 8 nitrogen and oxygen atoms in total. The lowest BCUT2D eigenvalue weighted by Crippen LogP contribution is -2.39. The minimum absolute atomic E-state index is 0.0421. The van der Waals surface area contributed by atoms with Gasteiger partial charge in [0.15, 0.2) is 0 Å². The van der Waals surface area contributed by atoms with Gasteiger partial charge in [0.25, 0.3) is 5.56 Å². The van der Waals surface area contributed by atoms with E-state index < -0.39 is 41.4 Å².